The maximum Gasteiger partial charge on any atom is 0.252 e. The number of carbonyl (C=O) groups is 1. The molecule has 0 radical (unpaired) electrons. The number of hydrogen-bond acceptors (Lipinski definition) is 4. The summed E-state index contributed by atoms with van der Waals surface area (Å²) in [5.74, 6) is 0.288. The van der Waals surface area contributed by atoms with Gasteiger partial charge in [0.2, 0.25) is 0 Å². The largest absolute Gasteiger partial charge is 0.295 e. The fraction of sp³-hybridized carbons (Fsp3) is 0.125. The number of benzene rings is 2. The summed E-state index contributed by atoms with van der Waals surface area (Å²) in [6, 6.07) is 14.2. The number of rotatable bonds is 3. The number of hydrogen-bond donors (Lipinski definition) is 1. The smallest absolute Gasteiger partial charge is 0.252 e. The lowest BCUT2D eigenvalue weighted by Crippen LogP contribution is -2.34. The molecule has 0 saturated carbocycles. The Kier molecular flexibility index (Phi) is 4.67. The highest BCUT2D eigenvalue weighted by Crippen LogP contribution is 2.44. The Hall–Kier alpha value is -1.87. The van der Waals surface area contributed by atoms with Gasteiger partial charge in [0.25, 0.3) is 5.91 Å². The minimum Gasteiger partial charge on any atom is -0.295 e. The average Bonchev–Trinajstić information content (AvgIpc) is 2.89. The first-order valence-corrected chi connectivity index (χ1v) is 8.55. The molecule has 0 bridgehead atoms. The maximum atomic E-state index is 12.2. The summed E-state index contributed by atoms with van der Waals surface area (Å²) in [5.41, 5.74) is 5.07. The van der Waals surface area contributed by atoms with Gasteiger partial charge < -0.3 is 0 Å². The Morgan fingerprint density at radius 1 is 1.17 bits per heavy atom. The van der Waals surface area contributed by atoms with E-state index < -0.39 is 0 Å². The van der Waals surface area contributed by atoms with Crippen LogP contribution in [0.25, 0.3) is 0 Å². The Morgan fingerprint density at radius 3 is 2.43 bits per heavy atom. The number of carbonyl (C=O) groups excluding carboxylic acids is 1. The summed E-state index contributed by atoms with van der Waals surface area (Å²) >= 11 is 14.0. The van der Waals surface area contributed by atoms with Crippen LogP contribution in [0.5, 0.6) is 0 Å². The molecule has 1 atom stereocenters. The standard InChI is InChI=1S/C16H11Cl2N3OS/c17-12-2-1-3-13(18)15(12)16-21(14(22)9-23-16)20-11-6-4-10(8-19)5-7-11/h1-7,16,20H,9H2. The number of nitriles is 1. The van der Waals surface area contributed by atoms with Crippen molar-refractivity contribution in [2.75, 3.05) is 11.2 Å². The van der Waals surface area contributed by atoms with E-state index in [1.807, 2.05) is 0 Å². The van der Waals surface area contributed by atoms with Crippen LogP contribution in [0, 0.1) is 11.3 Å². The van der Waals surface area contributed by atoms with Crippen molar-refractivity contribution in [2.24, 2.45) is 0 Å². The van der Waals surface area contributed by atoms with Gasteiger partial charge in [-0.25, -0.2) is 5.01 Å². The Balaban J connectivity index is 1.89. The van der Waals surface area contributed by atoms with Crippen LogP contribution in [-0.4, -0.2) is 16.7 Å². The average molecular weight is 364 g/mol. The normalized spacial score (nSPS) is 17.2. The summed E-state index contributed by atoms with van der Waals surface area (Å²) in [6.07, 6.45) is 0. The van der Waals surface area contributed by atoms with Gasteiger partial charge in [0.05, 0.1) is 23.1 Å². The van der Waals surface area contributed by atoms with E-state index in [1.165, 1.54) is 16.8 Å². The van der Waals surface area contributed by atoms with Crippen LogP contribution < -0.4 is 5.43 Å². The summed E-state index contributed by atoms with van der Waals surface area (Å²) in [6.45, 7) is 0. The Bertz CT molecular complexity index is 769. The number of nitrogens with one attached hydrogen (secondary N) is 1. The third-order valence-electron chi connectivity index (χ3n) is 3.38. The minimum absolute atomic E-state index is 0.0552. The molecule has 1 aliphatic rings. The van der Waals surface area contributed by atoms with Crippen LogP contribution in [-0.2, 0) is 4.79 Å². The van der Waals surface area contributed by atoms with Gasteiger partial charge in [-0.15, -0.1) is 11.8 Å². The molecule has 1 amide bonds. The van der Waals surface area contributed by atoms with E-state index in [4.69, 9.17) is 28.5 Å². The van der Waals surface area contributed by atoms with Gasteiger partial charge in [-0.3, -0.25) is 10.2 Å². The molecule has 2 aromatic carbocycles. The molecule has 116 valence electrons. The molecule has 0 spiro atoms. The second kappa shape index (κ2) is 6.71. The predicted octanol–water partition coefficient (Wildman–Crippen LogP) is 4.47. The quantitative estimate of drug-likeness (QED) is 0.873. The molecule has 1 heterocycles. The fourth-order valence-corrected chi connectivity index (χ4v) is 4.18. The SMILES string of the molecule is N#Cc1ccc(NN2C(=O)CSC2c2c(Cl)cccc2Cl)cc1. The Labute approximate surface area is 148 Å². The summed E-state index contributed by atoms with van der Waals surface area (Å²) in [5, 5.41) is 11.1. The monoisotopic (exact) mass is 363 g/mol. The van der Waals surface area contributed by atoms with Gasteiger partial charge in [0.15, 0.2) is 0 Å². The van der Waals surface area contributed by atoms with Crippen LogP contribution in [0.4, 0.5) is 5.69 Å². The van der Waals surface area contributed by atoms with E-state index in [0.29, 0.717) is 32.6 Å². The van der Waals surface area contributed by atoms with Crippen molar-refractivity contribution in [2.45, 2.75) is 5.37 Å². The third kappa shape index (κ3) is 3.25. The van der Waals surface area contributed by atoms with Crippen LogP contribution >= 0.6 is 35.0 Å². The summed E-state index contributed by atoms with van der Waals surface area (Å²) in [7, 11) is 0. The van der Waals surface area contributed by atoms with Gasteiger partial charge in [0, 0.05) is 15.6 Å². The molecule has 0 aliphatic carbocycles. The van der Waals surface area contributed by atoms with Crippen molar-refractivity contribution in [3.8, 4) is 6.07 Å². The lowest BCUT2D eigenvalue weighted by Gasteiger charge is -2.26. The topological polar surface area (TPSA) is 56.1 Å². The number of anilines is 1. The molecule has 3 rings (SSSR count). The molecule has 1 saturated heterocycles. The molecule has 4 nitrogen and oxygen atoms in total. The van der Waals surface area contributed by atoms with E-state index in [2.05, 4.69) is 11.5 Å². The van der Waals surface area contributed by atoms with E-state index in [9.17, 15) is 4.79 Å². The Morgan fingerprint density at radius 2 is 1.83 bits per heavy atom. The highest BCUT2D eigenvalue weighted by molar-refractivity contribution is 8.00. The van der Waals surface area contributed by atoms with Gasteiger partial charge in [-0.2, -0.15) is 5.26 Å². The first-order chi connectivity index (χ1) is 11.1. The summed E-state index contributed by atoms with van der Waals surface area (Å²) in [4.78, 5) is 12.2. The zero-order chi connectivity index (χ0) is 16.4. The lowest BCUT2D eigenvalue weighted by atomic mass is 10.2. The molecule has 1 fully saturated rings. The number of halogens is 2. The van der Waals surface area contributed by atoms with Crippen LogP contribution in [0.3, 0.4) is 0 Å². The van der Waals surface area contributed by atoms with Crippen molar-refractivity contribution >= 4 is 46.6 Å². The highest BCUT2D eigenvalue weighted by Gasteiger charge is 2.35. The molecule has 0 aromatic heterocycles. The van der Waals surface area contributed by atoms with Crippen LogP contribution in [0.2, 0.25) is 10.0 Å². The molecule has 23 heavy (non-hydrogen) atoms. The van der Waals surface area contributed by atoms with Crippen LogP contribution in [0.1, 0.15) is 16.5 Å². The fourth-order valence-electron chi connectivity index (χ4n) is 2.26. The molecule has 1 N–H and O–H groups in total. The first kappa shape index (κ1) is 16.0. The molecule has 1 unspecified atom stereocenters. The maximum absolute atomic E-state index is 12.2. The van der Waals surface area contributed by atoms with Gasteiger partial charge in [-0.05, 0) is 36.4 Å². The van der Waals surface area contributed by atoms with Gasteiger partial charge in [-0.1, -0.05) is 29.3 Å². The zero-order valence-corrected chi connectivity index (χ0v) is 14.1. The number of amides is 1. The molecule has 7 heteroatoms. The lowest BCUT2D eigenvalue weighted by molar-refractivity contribution is -0.126. The summed E-state index contributed by atoms with van der Waals surface area (Å²) < 4.78 is 0. The minimum atomic E-state index is -0.306. The van der Waals surface area contributed by atoms with Crippen molar-refractivity contribution in [1.29, 1.82) is 5.26 Å². The molecular weight excluding hydrogens is 353 g/mol. The van der Waals surface area contributed by atoms with Gasteiger partial charge >= 0.3 is 0 Å². The van der Waals surface area contributed by atoms with Gasteiger partial charge in [0.1, 0.15) is 5.37 Å². The van der Waals surface area contributed by atoms with E-state index in [-0.39, 0.29) is 11.3 Å². The second-order valence-electron chi connectivity index (χ2n) is 4.86. The zero-order valence-electron chi connectivity index (χ0n) is 11.8. The van der Waals surface area contributed by atoms with E-state index in [0.717, 1.165) is 0 Å². The van der Waals surface area contributed by atoms with Crippen molar-refractivity contribution < 1.29 is 4.79 Å². The van der Waals surface area contributed by atoms with E-state index >= 15 is 0 Å². The molecule has 2 aromatic rings. The predicted molar refractivity (Wildman–Crippen MR) is 93.3 cm³/mol. The van der Waals surface area contributed by atoms with Crippen LogP contribution in [0.15, 0.2) is 42.5 Å². The van der Waals surface area contributed by atoms with Crippen molar-refractivity contribution in [3.63, 3.8) is 0 Å². The second-order valence-corrected chi connectivity index (χ2v) is 6.75. The van der Waals surface area contributed by atoms with E-state index in [1.54, 1.807) is 42.5 Å². The first-order valence-electron chi connectivity index (χ1n) is 6.74. The van der Waals surface area contributed by atoms with Crippen molar-refractivity contribution in [1.82, 2.24) is 5.01 Å². The third-order valence-corrected chi connectivity index (χ3v) is 5.21. The number of thioether (sulfide) groups is 1. The number of nitrogens with zero attached hydrogens (tertiary/aromatic N) is 2. The molecule has 1 aliphatic heterocycles. The van der Waals surface area contributed by atoms with Crippen molar-refractivity contribution in [3.05, 3.63) is 63.6 Å². The number of hydrazine groups is 1. The molecular formula is C16H11Cl2N3OS. The highest BCUT2D eigenvalue weighted by atomic mass is 35.5.